The zero-order valence-corrected chi connectivity index (χ0v) is 11.5. The Morgan fingerprint density at radius 3 is 2.61 bits per heavy atom. The molecule has 5 heteroatoms. The Morgan fingerprint density at radius 2 is 2.11 bits per heavy atom. The number of rotatable bonds is 5. The normalized spacial score (nSPS) is 12.1. The molecule has 1 atom stereocenters. The molecule has 1 rings (SSSR count). The number of aliphatic hydroxyl groups is 1. The number of methoxy groups -OCH3 is 1. The fourth-order valence-electron chi connectivity index (χ4n) is 1.78. The van der Waals surface area contributed by atoms with E-state index in [9.17, 15) is 9.90 Å². The first kappa shape index (κ1) is 14.8. The number of hydrogen-bond donors (Lipinski definition) is 1. The number of aliphatic hydroxyl groups excluding tert-OH is 1. The lowest BCUT2D eigenvalue weighted by Crippen LogP contribution is -2.17. The maximum Gasteiger partial charge on any atom is 0.339 e. The molecule has 1 aromatic carbocycles. The van der Waals surface area contributed by atoms with Crippen LogP contribution >= 0.6 is 11.6 Å². The van der Waals surface area contributed by atoms with Crippen molar-refractivity contribution in [2.45, 2.75) is 26.4 Å². The number of hydrogen-bond acceptors (Lipinski definition) is 4. The molecular formula is C13H17ClO4. The zero-order chi connectivity index (χ0) is 13.7. The molecule has 0 amide bonds. The summed E-state index contributed by atoms with van der Waals surface area (Å²) in [5, 5.41) is 10.4. The molecule has 18 heavy (non-hydrogen) atoms. The number of benzene rings is 1. The van der Waals surface area contributed by atoms with E-state index < -0.39 is 12.1 Å². The van der Waals surface area contributed by atoms with Crippen LogP contribution in [-0.4, -0.2) is 24.8 Å². The van der Waals surface area contributed by atoms with Crippen molar-refractivity contribution in [1.29, 1.82) is 0 Å². The van der Waals surface area contributed by atoms with Crippen molar-refractivity contribution in [2.24, 2.45) is 0 Å². The van der Waals surface area contributed by atoms with Crippen LogP contribution in [0.1, 0.15) is 31.1 Å². The maximum atomic E-state index is 11.6. The molecule has 0 aliphatic rings. The summed E-state index contributed by atoms with van der Waals surface area (Å²) >= 11 is 5.94. The van der Waals surface area contributed by atoms with E-state index in [0.717, 1.165) is 5.56 Å². The molecule has 0 fully saturated rings. The minimum Gasteiger partial charge on any atom is -0.496 e. The summed E-state index contributed by atoms with van der Waals surface area (Å²) in [6, 6.07) is 3.21. The molecule has 1 N–H and O–H groups in total. The van der Waals surface area contributed by atoms with Crippen molar-refractivity contribution in [3.63, 3.8) is 0 Å². The van der Waals surface area contributed by atoms with Gasteiger partial charge in [0.25, 0.3) is 0 Å². The molecule has 0 heterocycles. The highest BCUT2D eigenvalue weighted by molar-refractivity contribution is 6.30. The molecule has 0 aliphatic heterocycles. The van der Waals surface area contributed by atoms with Crippen LogP contribution in [0.15, 0.2) is 12.1 Å². The fourth-order valence-corrected chi connectivity index (χ4v) is 2.00. The first-order valence-electron chi connectivity index (χ1n) is 5.76. The van der Waals surface area contributed by atoms with Gasteiger partial charge in [0.15, 0.2) is 6.10 Å². The maximum absolute atomic E-state index is 11.6. The first-order chi connectivity index (χ1) is 8.54. The van der Waals surface area contributed by atoms with Crippen LogP contribution in [0, 0.1) is 0 Å². The Labute approximate surface area is 111 Å². The van der Waals surface area contributed by atoms with E-state index in [4.69, 9.17) is 21.1 Å². The van der Waals surface area contributed by atoms with E-state index in [1.807, 2.05) is 6.92 Å². The molecule has 4 nitrogen and oxygen atoms in total. The number of esters is 1. The van der Waals surface area contributed by atoms with Gasteiger partial charge in [-0.05, 0) is 25.5 Å². The largest absolute Gasteiger partial charge is 0.496 e. The Kier molecular flexibility index (Phi) is 5.44. The lowest BCUT2D eigenvalue weighted by atomic mass is 9.99. The number of ether oxygens (including phenoxy) is 2. The average molecular weight is 273 g/mol. The minimum atomic E-state index is -1.34. The Morgan fingerprint density at radius 1 is 1.44 bits per heavy atom. The third kappa shape index (κ3) is 3.15. The first-order valence-corrected chi connectivity index (χ1v) is 6.13. The van der Waals surface area contributed by atoms with Crippen molar-refractivity contribution in [3.8, 4) is 5.75 Å². The SMILES string of the molecule is CCOC(=O)C(O)c1cc(Cl)cc(OC)c1CC. The Balaban J connectivity index is 3.21. The predicted molar refractivity (Wildman–Crippen MR) is 69.0 cm³/mol. The molecule has 1 aromatic rings. The number of carbonyl (C=O) groups is 1. The fraction of sp³-hybridized carbons (Fsp3) is 0.462. The lowest BCUT2D eigenvalue weighted by Gasteiger charge is -2.17. The smallest absolute Gasteiger partial charge is 0.339 e. The third-order valence-electron chi connectivity index (χ3n) is 2.59. The van der Waals surface area contributed by atoms with Gasteiger partial charge in [0, 0.05) is 16.1 Å². The van der Waals surface area contributed by atoms with E-state index in [2.05, 4.69) is 0 Å². The van der Waals surface area contributed by atoms with Crippen molar-refractivity contribution >= 4 is 17.6 Å². The van der Waals surface area contributed by atoms with Gasteiger partial charge in [-0.1, -0.05) is 18.5 Å². The Bertz CT molecular complexity index is 431. The van der Waals surface area contributed by atoms with Crippen LogP contribution in [0.25, 0.3) is 0 Å². The zero-order valence-electron chi connectivity index (χ0n) is 10.7. The summed E-state index contributed by atoms with van der Waals surface area (Å²) in [5.74, 6) is -0.125. The third-order valence-corrected chi connectivity index (χ3v) is 2.80. The van der Waals surface area contributed by atoms with Gasteiger partial charge in [0.1, 0.15) is 5.75 Å². The summed E-state index contributed by atoms with van der Waals surface area (Å²) in [4.78, 5) is 11.6. The summed E-state index contributed by atoms with van der Waals surface area (Å²) < 4.78 is 10.00. The quantitative estimate of drug-likeness (QED) is 0.837. The molecule has 0 aliphatic carbocycles. The molecule has 0 radical (unpaired) electrons. The highest BCUT2D eigenvalue weighted by Crippen LogP contribution is 2.32. The topological polar surface area (TPSA) is 55.8 Å². The highest BCUT2D eigenvalue weighted by Gasteiger charge is 2.23. The summed E-state index contributed by atoms with van der Waals surface area (Å²) in [7, 11) is 1.52. The van der Waals surface area contributed by atoms with Gasteiger partial charge in [-0.15, -0.1) is 0 Å². The minimum absolute atomic E-state index is 0.217. The molecular weight excluding hydrogens is 256 g/mol. The van der Waals surface area contributed by atoms with Gasteiger partial charge >= 0.3 is 5.97 Å². The molecule has 0 bridgehead atoms. The molecule has 0 saturated heterocycles. The number of halogens is 1. The monoisotopic (exact) mass is 272 g/mol. The standard InChI is InChI=1S/C13H17ClO4/c1-4-9-10(12(15)13(16)18-5-2)6-8(14)7-11(9)17-3/h6-7,12,15H,4-5H2,1-3H3. The summed E-state index contributed by atoms with van der Waals surface area (Å²) in [5.41, 5.74) is 1.18. The average Bonchev–Trinajstić information content (AvgIpc) is 2.36. The van der Waals surface area contributed by atoms with Crippen molar-refractivity contribution in [3.05, 3.63) is 28.3 Å². The van der Waals surface area contributed by atoms with Crippen molar-refractivity contribution < 1.29 is 19.4 Å². The van der Waals surface area contributed by atoms with Crippen LogP contribution in [0.4, 0.5) is 0 Å². The van der Waals surface area contributed by atoms with Crippen LogP contribution in [-0.2, 0) is 16.0 Å². The molecule has 1 unspecified atom stereocenters. The van der Waals surface area contributed by atoms with Crippen molar-refractivity contribution in [1.82, 2.24) is 0 Å². The molecule has 0 spiro atoms. The predicted octanol–water partition coefficient (Wildman–Crippen LogP) is 2.51. The van der Waals surface area contributed by atoms with E-state index in [-0.39, 0.29) is 6.61 Å². The summed E-state index contributed by atoms with van der Waals surface area (Å²) in [6.07, 6.45) is -0.723. The second kappa shape index (κ2) is 6.61. The highest BCUT2D eigenvalue weighted by atomic mass is 35.5. The molecule has 0 aromatic heterocycles. The van der Waals surface area contributed by atoms with Crippen molar-refractivity contribution in [2.75, 3.05) is 13.7 Å². The second-order valence-corrected chi connectivity index (χ2v) is 4.12. The van der Waals surface area contributed by atoms with Gasteiger partial charge in [-0.3, -0.25) is 0 Å². The van der Waals surface area contributed by atoms with E-state index in [1.165, 1.54) is 7.11 Å². The van der Waals surface area contributed by atoms with Gasteiger partial charge in [-0.25, -0.2) is 4.79 Å². The van der Waals surface area contributed by atoms with E-state index in [0.29, 0.717) is 22.8 Å². The van der Waals surface area contributed by atoms with Crippen LogP contribution < -0.4 is 4.74 Å². The number of carbonyl (C=O) groups excluding carboxylic acids is 1. The van der Waals surface area contributed by atoms with E-state index >= 15 is 0 Å². The lowest BCUT2D eigenvalue weighted by molar-refractivity contribution is -0.153. The second-order valence-electron chi connectivity index (χ2n) is 3.68. The van der Waals surface area contributed by atoms with Gasteiger partial charge in [-0.2, -0.15) is 0 Å². The molecule has 0 saturated carbocycles. The van der Waals surface area contributed by atoms with Crippen LogP contribution in [0.3, 0.4) is 0 Å². The Hall–Kier alpha value is -1.26. The van der Waals surface area contributed by atoms with Crippen LogP contribution in [0.2, 0.25) is 5.02 Å². The van der Waals surface area contributed by atoms with E-state index in [1.54, 1.807) is 19.1 Å². The van der Waals surface area contributed by atoms with Gasteiger partial charge < -0.3 is 14.6 Å². The van der Waals surface area contributed by atoms with Crippen LogP contribution in [0.5, 0.6) is 5.75 Å². The molecule has 100 valence electrons. The summed E-state index contributed by atoms with van der Waals surface area (Å²) in [6.45, 7) is 3.81. The van der Waals surface area contributed by atoms with Gasteiger partial charge in [0.2, 0.25) is 0 Å². The van der Waals surface area contributed by atoms with Gasteiger partial charge in [0.05, 0.1) is 13.7 Å².